The highest BCUT2D eigenvalue weighted by molar-refractivity contribution is 5.25. The lowest BCUT2D eigenvalue weighted by Gasteiger charge is -2.04. The van der Waals surface area contributed by atoms with E-state index in [0.29, 0.717) is 0 Å². The molecule has 0 radical (unpaired) electrons. The molecule has 0 aliphatic heterocycles. The number of hydrogen-bond acceptors (Lipinski definition) is 0. The standard InChI is InChI=1S/C11H20/c1-5-7-8-9-11(6-2)10(3)4/h6H,3,5,7-9H2,1-2,4H3. The minimum absolute atomic E-state index is 1.21. The molecule has 0 heterocycles. The number of unbranched alkanes of at least 4 members (excludes halogenated alkanes) is 2. The van der Waals surface area contributed by atoms with Gasteiger partial charge in [0.05, 0.1) is 0 Å². The van der Waals surface area contributed by atoms with E-state index in [-0.39, 0.29) is 0 Å². The SMILES string of the molecule is C=C(C)C(=CC)CCCCC. The summed E-state index contributed by atoms with van der Waals surface area (Å²) in [5, 5.41) is 0. The first kappa shape index (κ1) is 10.5. The van der Waals surface area contributed by atoms with Crippen molar-refractivity contribution in [3.05, 3.63) is 23.8 Å². The van der Waals surface area contributed by atoms with Gasteiger partial charge in [-0.2, -0.15) is 0 Å². The molecule has 0 saturated heterocycles. The van der Waals surface area contributed by atoms with Crippen LogP contribution in [-0.4, -0.2) is 0 Å². The second kappa shape index (κ2) is 6.21. The fourth-order valence-electron chi connectivity index (χ4n) is 1.17. The molecule has 0 rings (SSSR count). The maximum Gasteiger partial charge on any atom is -0.0280 e. The monoisotopic (exact) mass is 152 g/mol. The zero-order valence-electron chi connectivity index (χ0n) is 8.11. The smallest absolute Gasteiger partial charge is 0.0280 e. The molecule has 0 aromatic carbocycles. The van der Waals surface area contributed by atoms with Crippen LogP contribution in [0, 0.1) is 0 Å². The highest BCUT2D eigenvalue weighted by atomic mass is 14.0. The third-order valence-corrected chi connectivity index (χ3v) is 1.95. The molecule has 0 spiro atoms. The van der Waals surface area contributed by atoms with Gasteiger partial charge in [-0.25, -0.2) is 0 Å². The van der Waals surface area contributed by atoms with Gasteiger partial charge in [-0.15, -0.1) is 0 Å². The lowest BCUT2D eigenvalue weighted by Crippen LogP contribution is -1.84. The Hall–Kier alpha value is -0.520. The lowest BCUT2D eigenvalue weighted by molar-refractivity contribution is 0.715. The summed E-state index contributed by atoms with van der Waals surface area (Å²) in [5.74, 6) is 0. The Morgan fingerprint density at radius 2 is 2.00 bits per heavy atom. The molecule has 0 fully saturated rings. The van der Waals surface area contributed by atoms with E-state index in [4.69, 9.17) is 0 Å². The summed E-state index contributed by atoms with van der Waals surface area (Å²) < 4.78 is 0. The largest absolute Gasteiger partial charge is 0.0958 e. The van der Waals surface area contributed by atoms with E-state index in [1.54, 1.807) is 0 Å². The quantitative estimate of drug-likeness (QED) is 0.411. The van der Waals surface area contributed by atoms with Crippen molar-refractivity contribution in [3.8, 4) is 0 Å². The van der Waals surface area contributed by atoms with Crippen LogP contribution in [0.4, 0.5) is 0 Å². The van der Waals surface area contributed by atoms with Crippen molar-refractivity contribution in [2.45, 2.75) is 46.5 Å². The summed E-state index contributed by atoms with van der Waals surface area (Å²) in [5.41, 5.74) is 2.65. The van der Waals surface area contributed by atoms with Crippen molar-refractivity contribution in [3.63, 3.8) is 0 Å². The summed E-state index contributed by atoms with van der Waals surface area (Å²) in [7, 11) is 0. The number of hydrogen-bond donors (Lipinski definition) is 0. The van der Waals surface area contributed by atoms with Crippen LogP contribution in [0.2, 0.25) is 0 Å². The molecule has 0 unspecified atom stereocenters. The van der Waals surface area contributed by atoms with Crippen LogP contribution in [-0.2, 0) is 0 Å². The molecule has 0 aromatic rings. The fourth-order valence-corrected chi connectivity index (χ4v) is 1.17. The van der Waals surface area contributed by atoms with Crippen LogP contribution in [0.1, 0.15) is 46.5 Å². The molecule has 0 saturated carbocycles. The lowest BCUT2D eigenvalue weighted by atomic mass is 10.0. The molecule has 0 heteroatoms. The Labute approximate surface area is 71.0 Å². The number of rotatable bonds is 5. The van der Waals surface area contributed by atoms with Gasteiger partial charge in [0.15, 0.2) is 0 Å². The first-order chi connectivity index (χ1) is 5.22. The highest BCUT2D eigenvalue weighted by Crippen LogP contribution is 2.15. The third-order valence-electron chi connectivity index (χ3n) is 1.95. The summed E-state index contributed by atoms with van der Waals surface area (Å²) >= 11 is 0. The molecular formula is C11H20. The van der Waals surface area contributed by atoms with Gasteiger partial charge >= 0.3 is 0 Å². The predicted molar refractivity (Wildman–Crippen MR) is 52.7 cm³/mol. The summed E-state index contributed by atoms with van der Waals surface area (Å²) in [6.07, 6.45) is 7.33. The van der Waals surface area contributed by atoms with Crippen molar-refractivity contribution in [2.24, 2.45) is 0 Å². The van der Waals surface area contributed by atoms with Crippen molar-refractivity contribution in [2.75, 3.05) is 0 Å². The van der Waals surface area contributed by atoms with Gasteiger partial charge in [0.1, 0.15) is 0 Å². The van der Waals surface area contributed by atoms with Gasteiger partial charge in [-0.05, 0) is 32.3 Å². The predicted octanol–water partition coefficient (Wildman–Crippen LogP) is 4.09. The molecule has 0 aliphatic carbocycles. The normalized spacial score (nSPS) is 11.7. The van der Waals surface area contributed by atoms with E-state index in [1.807, 2.05) is 0 Å². The van der Waals surface area contributed by atoms with Crippen LogP contribution in [0.25, 0.3) is 0 Å². The molecule has 0 aliphatic rings. The van der Waals surface area contributed by atoms with Gasteiger partial charge in [0.2, 0.25) is 0 Å². The second-order valence-electron chi connectivity index (χ2n) is 3.05. The first-order valence-corrected chi connectivity index (χ1v) is 4.53. The Morgan fingerprint density at radius 1 is 1.36 bits per heavy atom. The molecule has 0 atom stereocenters. The minimum atomic E-state index is 1.21. The van der Waals surface area contributed by atoms with E-state index in [0.717, 1.165) is 0 Å². The maximum atomic E-state index is 3.94. The van der Waals surface area contributed by atoms with Gasteiger partial charge in [-0.1, -0.05) is 38.0 Å². The molecule has 0 N–H and O–H groups in total. The van der Waals surface area contributed by atoms with E-state index in [9.17, 15) is 0 Å². The van der Waals surface area contributed by atoms with Crippen LogP contribution >= 0.6 is 0 Å². The summed E-state index contributed by atoms with van der Waals surface area (Å²) in [4.78, 5) is 0. The Morgan fingerprint density at radius 3 is 2.36 bits per heavy atom. The van der Waals surface area contributed by atoms with Gasteiger partial charge in [0.25, 0.3) is 0 Å². The summed E-state index contributed by atoms with van der Waals surface area (Å²) in [6, 6.07) is 0. The zero-order valence-corrected chi connectivity index (χ0v) is 8.11. The molecule has 64 valence electrons. The summed E-state index contributed by atoms with van der Waals surface area (Å²) in [6.45, 7) is 10.3. The van der Waals surface area contributed by atoms with Gasteiger partial charge < -0.3 is 0 Å². The van der Waals surface area contributed by atoms with Crippen molar-refractivity contribution < 1.29 is 0 Å². The van der Waals surface area contributed by atoms with Crippen molar-refractivity contribution >= 4 is 0 Å². The maximum absolute atomic E-state index is 3.94. The Bertz CT molecular complexity index is 140. The Balaban J connectivity index is 3.63. The van der Waals surface area contributed by atoms with E-state index < -0.39 is 0 Å². The second-order valence-corrected chi connectivity index (χ2v) is 3.05. The van der Waals surface area contributed by atoms with Crippen LogP contribution < -0.4 is 0 Å². The van der Waals surface area contributed by atoms with Gasteiger partial charge in [-0.3, -0.25) is 0 Å². The molecule has 0 bridgehead atoms. The average molecular weight is 152 g/mol. The average Bonchev–Trinajstić information content (AvgIpc) is 1.97. The van der Waals surface area contributed by atoms with Crippen LogP contribution in [0.3, 0.4) is 0 Å². The molecular weight excluding hydrogens is 132 g/mol. The van der Waals surface area contributed by atoms with E-state index in [1.165, 1.54) is 36.8 Å². The minimum Gasteiger partial charge on any atom is -0.0958 e. The van der Waals surface area contributed by atoms with Crippen LogP contribution in [0.5, 0.6) is 0 Å². The third kappa shape index (κ3) is 4.83. The highest BCUT2D eigenvalue weighted by Gasteiger charge is 1.95. The van der Waals surface area contributed by atoms with Crippen LogP contribution in [0.15, 0.2) is 23.8 Å². The topological polar surface area (TPSA) is 0 Å². The molecule has 11 heavy (non-hydrogen) atoms. The molecule has 0 nitrogen and oxygen atoms in total. The van der Waals surface area contributed by atoms with Gasteiger partial charge in [0, 0.05) is 0 Å². The van der Waals surface area contributed by atoms with Crippen molar-refractivity contribution in [1.29, 1.82) is 0 Å². The molecule has 0 amide bonds. The number of allylic oxidation sites excluding steroid dienone is 3. The van der Waals surface area contributed by atoms with E-state index in [2.05, 4.69) is 33.4 Å². The van der Waals surface area contributed by atoms with E-state index >= 15 is 0 Å². The first-order valence-electron chi connectivity index (χ1n) is 4.53. The zero-order chi connectivity index (χ0) is 8.69. The molecule has 0 aromatic heterocycles. The fraction of sp³-hybridized carbons (Fsp3) is 0.636. The Kier molecular flexibility index (Phi) is 5.91. The van der Waals surface area contributed by atoms with Crippen molar-refractivity contribution in [1.82, 2.24) is 0 Å².